The van der Waals surface area contributed by atoms with E-state index in [9.17, 15) is 4.79 Å². The van der Waals surface area contributed by atoms with E-state index in [2.05, 4.69) is 26.2 Å². The maximum absolute atomic E-state index is 12.6. The number of hydrogen-bond acceptors (Lipinski definition) is 3. The van der Waals surface area contributed by atoms with Crippen LogP contribution >= 0.6 is 15.9 Å². The minimum Gasteiger partial charge on any atom is -0.323 e. The number of carbonyl (C=O) groups is 1. The van der Waals surface area contributed by atoms with Crippen LogP contribution in [0.25, 0.3) is 0 Å². The van der Waals surface area contributed by atoms with Crippen LogP contribution in [0.3, 0.4) is 0 Å². The third-order valence-corrected chi connectivity index (χ3v) is 4.87. The summed E-state index contributed by atoms with van der Waals surface area (Å²) in [5.74, 6) is -0.239. The zero-order chi connectivity index (χ0) is 16.4. The molecule has 3 N–H and O–H groups in total. The molecule has 1 unspecified atom stereocenters. The molecule has 0 radical (unpaired) electrons. The Hall–Kier alpha value is -1.72. The monoisotopic (exact) mass is 373 g/mol. The zero-order valence-electron chi connectivity index (χ0n) is 13.1. The average Bonchev–Trinajstić information content (AvgIpc) is 2.55. The fourth-order valence-corrected chi connectivity index (χ4v) is 3.11. The lowest BCUT2D eigenvalue weighted by atomic mass is 9.92. The molecule has 1 heterocycles. The number of aryl methyl sites for hydroxylation is 2. The van der Waals surface area contributed by atoms with E-state index >= 15 is 0 Å². The number of anilines is 1. The van der Waals surface area contributed by atoms with Crippen LogP contribution in [-0.4, -0.2) is 10.9 Å². The number of aromatic nitrogens is 1. The molecule has 1 atom stereocenters. The van der Waals surface area contributed by atoms with Crippen LogP contribution in [0.15, 0.2) is 41.0 Å². The van der Waals surface area contributed by atoms with E-state index in [0.717, 1.165) is 28.6 Å². The Kier molecular flexibility index (Phi) is 4.50. The number of nitrogens with two attached hydrogens (primary N) is 1. The van der Waals surface area contributed by atoms with Gasteiger partial charge in [-0.25, -0.2) is 0 Å². The number of fused-ring (bicyclic) bond motifs is 1. The maximum Gasteiger partial charge on any atom is 0.248 e. The molecule has 1 aromatic heterocycles. The molecule has 120 valence electrons. The van der Waals surface area contributed by atoms with Gasteiger partial charge < -0.3 is 11.1 Å². The lowest BCUT2D eigenvalue weighted by molar-refractivity contribution is -0.120. The Morgan fingerprint density at radius 3 is 2.70 bits per heavy atom. The summed E-state index contributed by atoms with van der Waals surface area (Å²) in [6, 6.07) is 9.50. The first-order chi connectivity index (χ1) is 11.0. The molecule has 0 saturated heterocycles. The van der Waals surface area contributed by atoms with Crippen molar-refractivity contribution in [3.05, 3.63) is 57.8 Å². The highest BCUT2D eigenvalue weighted by Crippen LogP contribution is 2.25. The van der Waals surface area contributed by atoms with Crippen molar-refractivity contribution in [3.63, 3.8) is 0 Å². The van der Waals surface area contributed by atoms with Crippen molar-refractivity contribution in [2.45, 2.75) is 38.1 Å². The number of carbonyl (C=O) groups excluding carboxylic acids is 1. The number of nitrogens with zero attached hydrogens (tertiary/aromatic N) is 1. The molecule has 1 aliphatic carbocycles. The highest BCUT2D eigenvalue weighted by molar-refractivity contribution is 9.10. The second-order valence-electron chi connectivity index (χ2n) is 6.20. The third kappa shape index (κ3) is 3.46. The van der Waals surface area contributed by atoms with Crippen LogP contribution in [0, 0.1) is 0 Å². The van der Waals surface area contributed by atoms with E-state index < -0.39 is 5.54 Å². The molecular formula is C18H20BrN3O. The second kappa shape index (κ2) is 6.42. The van der Waals surface area contributed by atoms with Crippen molar-refractivity contribution in [3.8, 4) is 0 Å². The largest absolute Gasteiger partial charge is 0.323 e. The van der Waals surface area contributed by atoms with Crippen LogP contribution in [0.2, 0.25) is 0 Å². The fraction of sp³-hybridized carbons (Fsp3) is 0.333. The Morgan fingerprint density at radius 2 is 1.96 bits per heavy atom. The number of benzene rings is 1. The van der Waals surface area contributed by atoms with Gasteiger partial charge in [0.2, 0.25) is 5.91 Å². The van der Waals surface area contributed by atoms with Crippen molar-refractivity contribution >= 4 is 27.5 Å². The van der Waals surface area contributed by atoms with E-state index in [-0.39, 0.29) is 5.91 Å². The summed E-state index contributed by atoms with van der Waals surface area (Å²) in [5.41, 5.74) is 9.03. The Balaban J connectivity index is 1.79. The quantitative estimate of drug-likeness (QED) is 0.864. The molecule has 0 aliphatic heterocycles. The fourth-order valence-electron chi connectivity index (χ4n) is 2.84. The number of hydrogen-bond donors (Lipinski definition) is 2. The molecule has 0 bridgehead atoms. The van der Waals surface area contributed by atoms with E-state index in [1.54, 1.807) is 13.1 Å². The van der Waals surface area contributed by atoms with Gasteiger partial charge in [-0.15, -0.1) is 0 Å². The van der Waals surface area contributed by atoms with Crippen molar-refractivity contribution in [1.82, 2.24) is 4.98 Å². The van der Waals surface area contributed by atoms with Gasteiger partial charge in [0, 0.05) is 10.2 Å². The molecule has 3 rings (SSSR count). The van der Waals surface area contributed by atoms with Gasteiger partial charge in [0.05, 0.1) is 11.9 Å². The lowest BCUT2D eigenvalue weighted by Crippen LogP contribution is -2.45. The second-order valence-corrected chi connectivity index (χ2v) is 7.12. The van der Waals surface area contributed by atoms with Gasteiger partial charge in [-0.3, -0.25) is 9.78 Å². The van der Waals surface area contributed by atoms with Crippen molar-refractivity contribution in [2.75, 3.05) is 5.32 Å². The summed E-state index contributed by atoms with van der Waals surface area (Å²) in [7, 11) is 0. The molecule has 0 saturated carbocycles. The first-order valence-corrected chi connectivity index (χ1v) is 8.60. The number of pyridine rings is 1. The highest BCUT2D eigenvalue weighted by atomic mass is 79.9. The smallest absolute Gasteiger partial charge is 0.248 e. The molecular weight excluding hydrogens is 354 g/mol. The van der Waals surface area contributed by atoms with E-state index in [4.69, 9.17) is 5.73 Å². The molecule has 0 fully saturated rings. The van der Waals surface area contributed by atoms with Gasteiger partial charge in [-0.1, -0.05) is 28.1 Å². The minimum atomic E-state index is -1.10. The molecule has 4 nitrogen and oxygen atoms in total. The van der Waals surface area contributed by atoms with Crippen molar-refractivity contribution in [1.29, 1.82) is 0 Å². The average molecular weight is 374 g/mol. The summed E-state index contributed by atoms with van der Waals surface area (Å²) >= 11 is 3.39. The molecule has 1 amide bonds. The van der Waals surface area contributed by atoms with Gasteiger partial charge in [0.15, 0.2) is 0 Å². The molecule has 5 heteroatoms. The lowest BCUT2D eigenvalue weighted by Gasteiger charge is -2.24. The first kappa shape index (κ1) is 16.1. The van der Waals surface area contributed by atoms with E-state index in [1.807, 2.05) is 30.3 Å². The Labute approximate surface area is 144 Å². The third-order valence-electron chi connectivity index (χ3n) is 4.34. The summed E-state index contributed by atoms with van der Waals surface area (Å²) in [4.78, 5) is 17.1. The SMILES string of the molecule is CC(N)(C(=O)Nc1cnc2c(c1)CCCC2)c1ccc(Br)cc1. The minimum absolute atomic E-state index is 0.239. The highest BCUT2D eigenvalue weighted by Gasteiger charge is 2.30. The number of amides is 1. The van der Waals surface area contributed by atoms with Crippen LogP contribution in [0.5, 0.6) is 0 Å². The maximum atomic E-state index is 12.6. The normalized spacial score (nSPS) is 16.3. The standard InChI is InChI=1S/C18H20BrN3O/c1-18(20,13-6-8-14(19)9-7-13)17(23)22-15-10-12-4-2-3-5-16(12)21-11-15/h6-11H,2-5,20H2,1H3,(H,22,23). The molecule has 1 aromatic carbocycles. The first-order valence-electron chi connectivity index (χ1n) is 7.81. The van der Waals surface area contributed by atoms with Gasteiger partial charge >= 0.3 is 0 Å². The Bertz CT molecular complexity index is 726. The molecule has 23 heavy (non-hydrogen) atoms. The summed E-state index contributed by atoms with van der Waals surface area (Å²) in [6.07, 6.45) is 6.14. The van der Waals surface area contributed by atoms with Gasteiger partial charge in [0.25, 0.3) is 0 Å². The predicted molar refractivity (Wildman–Crippen MR) is 95.2 cm³/mol. The van der Waals surface area contributed by atoms with Gasteiger partial charge in [-0.05, 0) is 61.9 Å². The summed E-state index contributed by atoms with van der Waals surface area (Å²) in [6.45, 7) is 1.72. The van der Waals surface area contributed by atoms with Gasteiger partial charge in [-0.2, -0.15) is 0 Å². The number of rotatable bonds is 3. The van der Waals surface area contributed by atoms with E-state index in [0.29, 0.717) is 5.69 Å². The van der Waals surface area contributed by atoms with E-state index in [1.165, 1.54) is 18.4 Å². The molecule has 1 aliphatic rings. The van der Waals surface area contributed by atoms with Crippen LogP contribution < -0.4 is 11.1 Å². The zero-order valence-corrected chi connectivity index (χ0v) is 14.7. The van der Waals surface area contributed by atoms with Crippen molar-refractivity contribution in [2.24, 2.45) is 5.73 Å². The van der Waals surface area contributed by atoms with Crippen molar-refractivity contribution < 1.29 is 4.79 Å². The molecule has 2 aromatic rings. The van der Waals surface area contributed by atoms with Crippen LogP contribution in [0.1, 0.15) is 36.6 Å². The predicted octanol–water partition coefficient (Wildman–Crippen LogP) is 3.54. The number of halogens is 1. The number of nitrogens with one attached hydrogen (secondary N) is 1. The summed E-state index contributed by atoms with van der Waals surface area (Å²) in [5, 5.41) is 2.91. The van der Waals surface area contributed by atoms with Crippen LogP contribution in [-0.2, 0) is 23.2 Å². The van der Waals surface area contributed by atoms with Crippen LogP contribution in [0.4, 0.5) is 5.69 Å². The van der Waals surface area contributed by atoms with Gasteiger partial charge in [0.1, 0.15) is 5.54 Å². The topological polar surface area (TPSA) is 68.0 Å². The summed E-state index contributed by atoms with van der Waals surface area (Å²) < 4.78 is 0.955. The Morgan fingerprint density at radius 1 is 1.26 bits per heavy atom. The molecule has 0 spiro atoms.